The average Bonchev–Trinajstić information content (AvgIpc) is 2.67. The highest BCUT2D eigenvalue weighted by molar-refractivity contribution is 7.99. The van der Waals surface area contributed by atoms with E-state index in [2.05, 4.69) is 40.1 Å². The number of hydrogen-bond donors (Lipinski definition) is 1. The summed E-state index contributed by atoms with van der Waals surface area (Å²) < 4.78 is 0. The van der Waals surface area contributed by atoms with Gasteiger partial charge in [0.15, 0.2) is 0 Å². The number of nitrogens with zero attached hydrogens (tertiary/aromatic N) is 3. The van der Waals surface area contributed by atoms with Crippen molar-refractivity contribution in [2.45, 2.75) is 26.7 Å². The molecular formula is C13H22N4S. The summed E-state index contributed by atoms with van der Waals surface area (Å²) in [6.45, 7) is 7.30. The lowest BCUT2D eigenvalue weighted by Crippen LogP contribution is -2.27. The quantitative estimate of drug-likeness (QED) is 0.906. The van der Waals surface area contributed by atoms with Crippen LogP contribution in [-0.4, -0.2) is 41.1 Å². The Hall–Kier alpha value is -0.970. The maximum Gasteiger partial charge on any atom is 0.134 e. The molecule has 0 amide bonds. The summed E-state index contributed by atoms with van der Waals surface area (Å²) in [4.78, 5) is 11.6. The van der Waals surface area contributed by atoms with E-state index in [1.165, 1.54) is 17.9 Å². The molecule has 0 saturated carbocycles. The maximum absolute atomic E-state index is 4.67. The van der Waals surface area contributed by atoms with E-state index >= 15 is 0 Å². The second kappa shape index (κ2) is 6.83. The van der Waals surface area contributed by atoms with Crippen molar-refractivity contribution in [2.24, 2.45) is 0 Å². The van der Waals surface area contributed by atoms with Crippen LogP contribution in [0.5, 0.6) is 0 Å². The van der Waals surface area contributed by atoms with Crippen molar-refractivity contribution in [3.05, 3.63) is 11.9 Å². The minimum absolute atomic E-state index is 0.884. The van der Waals surface area contributed by atoms with Crippen molar-refractivity contribution in [2.75, 3.05) is 41.4 Å². The van der Waals surface area contributed by atoms with Crippen molar-refractivity contribution in [1.82, 2.24) is 9.97 Å². The van der Waals surface area contributed by atoms with Gasteiger partial charge in [0, 0.05) is 37.9 Å². The largest absolute Gasteiger partial charge is 0.370 e. The van der Waals surface area contributed by atoms with Crippen molar-refractivity contribution >= 4 is 23.4 Å². The highest BCUT2D eigenvalue weighted by Gasteiger charge is 2.13. The Balaban J connectivity index is 2.21. The molecule has 1 aliphatic heterocycles. The number of rotatable bonds is 4. The molecule has 2 heterocycles. The normalized spacial score (nSPS) is 16.4. The van der Waals surface area contributed by atoms with E-state index in [1.807, 2.05) is 11.8 Å². The van der Waals surface area contributed by atoms with E-state index in [0.29, 0.717) is 0 Å². The van der Waals surface area contributed by atoms with E-state index in [-0.39, 0.29) is 0 Å². The van der Waals surface area contributed by atoms with Gasteiger partial charge in [0.2, 0.25) is 0 Å². The van der Waals surface area contributed by atoms with Crippen LogP contribution in [0.1, 0.15) is 26.1 Å². The summed E-state index contributed by atoms with van der Waals surface area (Å²) in [5, 5.41) is 3.29. The van der Waals surface area contributed by atoms with E-state index in [0.717, 1.165) is 43.5 Å². The van der Waals surface area contributed by atoms with Crippen LogP contribution in [0.4, 0.5) is 11.6 Å². The Bertz CT molecular complexity index is 375. The fraction of sp³-hybridized carbons (Fsp3) is 0.692. The minimum Gasteiger partial charge on any atom is -0.370 e. The Morgan fingerprint density at radius 3 is 2.94 bits per heavy atom. The number of aromatic nitrogens is 2. The number of hydrogen-bond acceptors (Lipinski definition) is 5. The van der Waals surface area contributed by atoms with Gasteiger partial charge in [-0.3, -0.25) is 0 Å². The number of aryl methyl sites for hydroxylation is 1. The first-order valence-electron chi connectivity index (χ1n) is 6.78. The van der Waals surface area contributed by atoms with Crippen LogP contribution < -0.4 is 10.2 Å². The van der Waals surface area contributed by atoms with E-state index in [9.17, 15) is 0 Å². The highest BCUT2D eigenvalue weighted by atomic mass is 32.2. The molecule has 0 radical (unpaired) electrons. The van der Waals surface area contributed by atoms with Crippen LogP contribution >= 0.6 is 11.8 Å². The van der Waals surface area contributed by atoms with Crippen LogP contribution in [0, 0.1) is 0 Å². The van der Waals surface area contributed by atoms with E-state index in [1.54, 1.807) is 0 Å². The topological polar surface area (TPSA) is 41.0 Å². The van der Waals surface area contributed by atoms with Crippen LogP contribution in [0.3, 0.4) is 0 Å². The van der Waals surface area contributed by atoms with Crippen LogP contribution in [0.2, 0.25) is 0 Å². The summed E-state index contributed by atoms with van der Waals surface area (Å²) in [6, 6.07) is 2.08. The maximum atomic E-state index is 4.67. The highest BCUT2D eigenvalue weighted by Crippen LogP contribution is 2.20. The first-order valence-corrected chi connectivity index (χ1v) is 7.93. The average molecular weight is 266 g/mol. The molecule has 1 saturated heterocycles. The molecule has 100 valence electrons. The van der Waals surface area contributed by atoms with Gasteiger partial charge < -0.3 is 10.2 Å². The van der Waals surface area contributed by atoms with Gasteiger partial charge in [-0.1, -0.05) is 6.92 Å². The molecule has 1 fully saturated rings. The molecule has 0 spiro atoms. The van der Waals surface area contributed by atoms with Gasteiger partial charge >= 0.3 is 0 Å². The molecule has 0 bridgehead atoms. The van der Waals surface area contributed by atoms with Gasteiger partial charge in [0.25, 0.3) is 0 Å². The first-order chi connectivity index (χ1) is 8.83. The SMILES string of the molecule is CCNc1cc(N2CCCSCC2)nc(CC)n1. The number of thioether (sulfide) groups is 1. The monoisotopic (exact) mass is 266 g/mol. The van der Waals surface area contributed by atoms with Gasteiger partial charge in [0.1, 0.15) is 17.5 Å². The lowest BCUT2D eigenvalue weighted by atomic mass is 10.3. The van der Waals surface area contributed by atoms with Gasteiger partial charge in [-0.25, -0.2) is 9.97 Å². The van der Waals surface area contributed by atoms with Crippen molar-refractivity contribution in [1.29, 1.82) is 0 Å². The summed E-state index contributed by atoms with van der Waals surface area (Å²) in [7, 11) is 0. The minimum atomic E-state index is 0.884. The molecule has 1 aliphatic rings. The summed E-state index contributed by atoms with van der Waals surface area (Å²) in [6.07, 6.45) is 2.13. The smallest absolute Gasteiger partial charge is 0.134 e. The third-order valence-corrected chi connectivity index (χ3v) is 4.03. The molecule has 1 N–H and O–H groups in total. The summed E-state index contributed by atoms with van der Waals surface area (Å²) >= 11 is 2.04. The molecule has 4 nitrogen and oxygen atoms in total. The molecule has 0 aromatic carbocycles. The molecule has 1 aromatic rings. The standard InChI is InChI=1S/C13H22N4S/c1-3-11-15-12(14-4-2)10-13(16-11)17-6-5-8-18-9-7-17/h10H,3-9H2,1-2H3,(H,14,15,16). The molecule has 0 unspecified atom stereocenters. The third-order valence-electron chi connectivity index (χ3n) is 2.98. The Morgan fingerprint density at radius 1 is 1.28 bits per heavy atom. The summed E-state index contributed by atoms with van der Waals surface area (Å²) in [5.41, 5.74) is 0. The van der Waals surface area contributed by atoms with Crippen LogP contribution in [0.25, 0.3) is 0 Å². The van der Waals surface area contributed by atoms with Gasteiger partial charge in [-0.2, -0.15) is 11.8 Å². The van der Waals surface area contributed by atoms with Crippen LogP contribution in [0.15, 0.2) is 6.07 Å². The molecule has 0 atom stereocenters. The number of nitrogens with one attached hydrogen (secondary N) is 1. The summed E-state index contributed by atoms with van der Waals surface area (Å²) in [5.74, 6) is 5.43. The second-order valence-electron chi connectivity index (χ2n) is 4.36. The van der Waals surface area contributed by atoms with Gasteiger partial charge in [-0.05, 0) is 19.1 Å². The van der Waals surface area contributed by atoms with Gasteiger partial charge in [-0.15, -0.1) is 0 Å². The second-order valence-corrected chi connectivity index (χ2v) is 5.59. The molecule has 0 aliphatic carbocycles. The fourth-order valence-electron chi connectivity index (χ4n) is 2.05. The zero-order valence-corrected chi connectivity index (χ0v) is 12.1. The van der Waals surface area contributed by atoms with Crippen LogP contribution in [-0.2, 0) is 6.42 Å². The molecular weight excluding hydrogens is 244 g/mol. The lowest BCUT2D eigenvalue weighted by molar-refractivity contribution is 0.788. The predicted octanol–water partition coefficient (Wildman–Crippen LogP) is 2.41. The Labute approximate surface area is 114 Å². The number of anilines is 2. The first kappa shape index (κ1) is 13.5. The predicted molar refractivity (Wildman–Crippen MR) is 79.7 cm³/mol. The lowest BCUT2D eigenvalue weighted by Gasteiger charge is -2.22. The zero-order valence-electron chi connectivity index (χ0n) is 11.3. The molecule has 5 heteroatoms. The van der Waals surface area contributed by atoms with E-state index in [4.69, 9.17) is 0 Å². The molecule has 1 aromatic heterocycles. The Kier molecular flexibility index (Phi) is 5.11. The van der Waals surface area contributed by atoms with Crippen molar-refractivity contribution in [3.63, 3.8) is 0 Å². The third kappa shape index (κ3) is 3.51. The fourth-order valence-corrected chi connectivity index (χ4v) is 2.94. The van der Waals surface area contributed by atoms with Crippen molar-refractivity contribution in [3.8, 4) is 0 Å². The van der Waals surface area contributed by atoms with Crippen molar-refractivity contribution < 1.29 is 0 Å². The van der Waals surface area contributed by atoms with E-state index < -0.39 is 0 Å². The Morgan fingerprint density at radius 2 is 2.17 bits per heavy atom. The zero-order chi connectivity index (χ0) is 12.8. The molecule has 18 heavy (non-hydrogen) atoms. The molecule has 2 rings (SSSR count). The van der Waals surface area contributed by atoms with Gasteiger partial charge in [0.05, 0.1) is 0 Å².